The van der Waals surface area contributed by atoms with Crippen LogP contribution in [0, 0.1) is 5.82 Å². The second kappa shape index (κ2) is 7.12. The van der Waals surface area contributed by atoms with Crippen LogP contribution in [0.3, 0.4) is 0 Å². The lowest BCUT2D eigenvalue weighted by molar-refractivity contribution is -0.136. The number of carbonyl (C=O) groups is 4. The molecular weight excluding hydrogens is 377 g/mol. The molecule has 7 nitrogen and oxygen atoms in total. The van der Waals surface area contributed by atoms with Gasteiger partial charge < -0.3 is 5.32 Å². The molecule has 2 aliphatic rings. The molecule has 29 heavy (non-hydrogen) atoms. The maximum atomic E-state index is 13.5. The maximum Gasteiger partial charge on any atom is 0.264 e. The lowest BCUT2D eigenvalue weighted by Crippen LogP contribution is -2.54. The first kappa shape index (κ1) is 18.8. The Morgan fingerprint density at radius 1 is 1.10 bits per heavy atom. The van der Waals surface area contributed by atoms with Gasteiger partial charge in [0.25, 0.3) is 11.8 Å². The second-order valence-electron chi connectivity index (χ2n) is 7.10. The van der Waals surface area contributed by atoms with Crippen molar-refractivity contribution < 1.29 is 23.6 Å². The number of piperidine rings is 1. The standard InChI is InChI=1S/C21H18FN3O4/c1-11(12-4-2-5-13(22)10-12)23-15-7-3-6-14-18(15)21(29)25(20(14)28)16-8-9-17(26)24-19(16)27/h2-7,10-11,16,23H,8-9H2,1H3,(H,24,26,27)/t11-,16?/m0/s1. The van der Waals surface area contributed by atoms with Crippen LogP contribution in [-0.4, -0.2) is 34.6 Å². The van der Waals surface area contributed by atoms with E-state index in [-0.39, 0.29) is 35.8 Å². The molecule has 8 heteroatoms. The zero-order chi connectivity index (χ0) is 20.7. The first-order chi connectivity index (χ1) is 13.9. The van der Waals surface area contributed by atoms with Crippen molar-refractivity contribution in [2.45, 2.75) is 31.8 Å². The lowest BCUT2D eigenvalue weighted by atomic mass is 10.0. The summed E-state index contributed by atoms with van der Waals surface area (Å²) in [6.07, 6.45) is 0.157. The summed E-state index contributed by atoms with van der Waals surface area (Å²) in [5.74, 6) is -2.60. The first-order valence-electron chi connectivity index (χ1n) is 9.23. The molecule has 148 valence electrons. The number of benzene rings is 2. The minimum Gasteiger partial charge on any atom is -0.378 e. The van der Waals surface area contributed by atoms with Gasteiger partial charge >= 0.3 is 0 Å². The predicted molar refractivity (Wildman–Crippen MR) is 102 cm³/mol. The van der Waals surface area contributed by atoms with E-state index in [0.29, 0.717) is 11.3 Å². The van der Waals surface area contributed by atoms with Crippen molar-refractivity contribution in [2.75, 3.05) is 5.32 Å². The molecule has 4 rings (SSSR count). The molecule has 4 amide bonds. The van der Waals surface area contributed by atoms with E-state index in [2.05, 4.69) is 10.6 Å². The largest absolute Gasteiger partial charge is 0.378 e. The number of halogens is 1. The van der Waals surface area contributed by atoms with E-state index < -0.39 is 29.7 Å². The Hall–Kier alpha value is -3.55. The quantitative estimate of drug-likeness (QED) is 0.775. The van der Waals surface area contributed by atoms with Gasteiger partial charge in [-0.15, -0.1) is 0 Å². The molecule has 0 saturated carbocycles. The molecule has 0 spiro atoms. The van der Waals surface area contributed by atoms with E-state index >= 15 is 0 Å². The average molecular weight is 395 g/mol. The molecule has 2 atom stereocenters. The van der Waals surface area contributed by atoms with Gasteiger partial charge in [0.2, 0.25) is 11.8 Å². The Balaban J connectivity index is 1.64. The molecule has 1 fully saturated rings. The van der Waals surface area contributed by atoms with Crippen LogP contribution in [0.25, 0.3) is 0 Å². The van der Waals surface area contributed by atoms with Gasteiger partial charge in [-0.3, -0.25) is 29.4 Å². The molecule has 1 unspecified atom stereocenters. The van der Waals surface area contributed by atoms with Crippen LogP contribution in [0.5, 0.6) is 0 Å². The minimum absolute atomic E-state index is 0.0610. The molecule has 2 N–H and O–H groups in total. The van der Waals surface area contributed by atoms with Crippen LogP contribution in [0.1, 0.15) is 52.1 Å². The van der Waals surface area contributed by atoms with Gasteiger partial charge in [-0.05, 0) is 43.2 Å². The summed E-state index contributed by atoms with van der Waals surface area (Å²) >= 11 is 0. The summed E-state index contributed by atoms with van der Waals surface area (Å²) in [6, 6.07) is 9.56. The Bertz CT molecular complexity index is 1050. The van der Waals surface area contributed by atoms with E-state index in [9.17, 15) is 23.6 Å². The van der Waals surface area contributed by atoms with Crippen molar-refractivity contribution >= 4 is 29.3 Å². The number of nitrogens with zero attached hydrogens (tertiary/aromatic N) is 1. The van der Waals surface area contributed by atoms with Crippen molar-refractivity contribution in [1.82, 2.24) is 10.2 Å². The Labute approximate surface area is 165 Å². The molecule has 0 bridgehead atoms. The third-order valence-corrected chi connectivity index (χ3v) is 5.19. The van der Waals surface area contributed by atoms with Gasteiger partial charge in [0.1, 0.15) is 11.9 Å². The molecule has 2 aliphatic heterocycles. The summed E-state index contributed by atoms with van der Waals surface area (Å²) in [5, 5.41) is 5.33. The van der Waals surface area contributed by atoms with Crippen molar-refractivity contribution in [3.8, 4) is 0 Å². The van der Waals surface area contributed by atoms with Crippen LogP contribution >= 0.6 is 0 Å². The fraction of sp³-hybridized carbons (Fsp3) is 0.238. The topological polar surface area (TPSA) is 95.6 Å². The van der Waals surface area contributed by atoms with Gasteiger partial charge in [-0.25, -0.2) is 4.39 Å². The molecule has 2 aromatic carbocycles. The van der Waals surface area contributed by atoms with Crippen molar-refractivity contribution in [1.29, 1.82) is 0 Å². The summed E-state index contributed by atoms with van der Waals surface area (Å²) in [6.45, 7) is 1.81. The highest BCUT2D eigenvalue weighted by atomic mass is 19.1. The average Bonchev–Trinajstić information content (AvgIpc) is 2.94. The summed E-state index contributed by atoms with van der Waals surface area (Å²) in [5.41, 5.74) is 1.47. The van der Waals surface area contributed by atoms with Crippen LogP contribution in [0.15, 0.2) is 42.5 Å². The molecule has 2 aromatic rings. The van der Waals surface area contributed by atoms with Gasteiger partial charge in [-0.1, -0.05) is 18.2 Å². The number of rotatable bonds is 4. The number of nitrogens with one attached hydrogen (secondary N) is 2. The Kier molecular flexibility index (Phi) is 4.62. The number of anilines is 1. The Morgan fingerprint density at radius 2 is 1.86 bits per heavy atom. The third-order valence-electron chi connectivity index (χ3n) is 5.19. The SMILES string of the molecule is C[C@H](Nc1cccc2c1C(=O)N(C1CCC(=O)NC1=O)C2=O)c1cccc(F)c1. The first-order valence-corrected chi connectivity index (χ1v) is 9.23. The molecule has 0 radical (unpaired) electrons. The highest BCUT2D eigenvalue weighted by Crippen LogP contribution is 2.34. The monoisotopic (exact) mass is 395 g/mol. The summed E-state index contributed by atoms with van der Waals surface area (Å²) in [4.78, 5) is 50.4. The highest BCUT2D eigenvalue weighted by molar-refractivity contribution is 6.25. The zero-order valence-electron chi connectivity index (χ0n) is 15.6. The molecule has 1 saturated heterocycles. The molecule has 0 aliphatic carbocycles. The molecule has 2 heterocycles. The summed E-state index contributed by atoms with van der Waals surface area (Å²) < 4.78 is 13.5. The zero-order valence-corrected chi connectivity index (χ0v) is 15.6. The van der Waals surface area contributed by atoms with E-state index in [1.54, 1.807) is 24.3 Å². The number of carbonyl (C=O) groups excluding carboxylic acids is 4. The normalized spacial score (nSPS) is 19.8. The van der Waals surface area contributed by atoms with Gasteiger partial charge in [0.05, 0.1) is 11.1 Å². The maximum absolute atomic E-state index is 13.5. The van der Waals surface area contributed by atoms with Gasteiger partial charge in [0.15, 0.2) is 0 Å². The van der Waals surface area contributed by atoms with Crippen molar-refractivity contribution in [2.24, 2.45) is 0 Å². The Morgan fingerprint density at radius 3 is 2.59 bits per heavy atom. The lowest BCUT2D eigenvalue weighted by Gasteiger charge is -2.28. The van der Waals surface area contributed by atoms with Crippen LogP contribution in [0.2, 0.25) is 0 Å². The van der Waals surface area contributed by atoms with E-state index in [1.807, 2.05) is 6.92 Å². The number of fused-ring (bicyclic) bond motifs is 1. The second-order valence-corrected chi connectivity index (χ2v) is 7.10. The highest BCUT2D eigenvalue weighted by Gasteiger charge is 2.45. The van der Waals surface area contributed by atoms with Crippen LogP contribution in [-0.2, 0) is 9.59 Å². The van der Waals surface area contributed by atoms with Crippen molar-refractivity contribution in [3.63, 3.8) is 0 Å². The predicted octanol–water partition coefficient (Wildman–Crippen LogP) is 2.40. The third kappa shape index (κ3) is 3.26. The fourth-order valence-electron chi connectivity index (χ4n) is 3.73. The van der Waals surface area contributed by atoms with Crippen LogP contribution in [0.4, 0.5) is 10.1 Å². The smallest absolute Gasteiger partial charge is 0.264 e. The number of hydrogen-bond acceptors (Lipinski definition) is 5. The van der Waals surface area contributed by atoms with E-state index in [4.69, 9.17) is 0 Å². The minimum atomic E-state index is -1.02. The van der Waals surface area contributed by atoms with Gasteiger partial charge in [-0.2, -0.15) is 0 Å². The molecular formula is C21H18FN3O4. The van der Waals surface area contributed by atoms with Crippen LogP contribution < -0.4 is 10.6 Å². The van der Waals surface area contributed by atoms with E-state index in [0.717, 1.165) is 4.90 Å². The number of imide groups is 2. The number of amides is 4. The van der Waals surface area contributed by atoms with Crippen molar-refractivity contribution in [3.05, 3.63) is 65.0 Å². The molecule has 0 aromatic heterocycles. The van der Waals surface area contributed by atoms with Gasteiger partial charge in [0, 0.05) is 18.2 Å². The fourth-order valence-corrected chi connectivity index (χ4v) is 3.73. The number of hydrogen-bond donors (Lipinski definition) is 2. The van der Waals surface area contributed by atoms with E-state index in [1.165, 1.54) is 18.2 Å². The summed E-state index contributed by atoms with van der Waals surface area (Å²) in [7, 11) is 0.